The van der Waals surface area contributed by atoms with Crippen molar-refractivity contribution in [3.8, 4) is 0 Å². The summed E-state index contributed by atoms with van der Waals surface area (Å²) in [6.07, 6.45) is 3.37. The third kappa shape index (κ3) is 8.15. The highest BCUT2D eigenvalue weighted by Gasteiger charge is 2.04. The molecule has 1 N–H and O–H groups in total. The van der Waals surface area contributed by atoms with Crippen LogP contribution in [0.15, 0.2) is 60.7 Å². The van der Waals surface area contributed by atoms with Crippen LogP contribution in [0.3, 0.4) is 0 Å². The Labute approximate surface area is 149 Å². The highest BCUT2D eigenvalue weighted by Crippen LogP contribution is 2.05. The van der Waals surface area contributed by atoms with Crippen molar-refractivity contribution in [2.24, 2.45) is 0 Å². The van der Waals surface area contributed by atoms with Crippen molar-refractivity contribution in [3.63, 3.8) is 0 Å². The summed E-state index contributed by atoms with van der Waals surface area (Å²) in [6.45, 7) is 0.972. The van der Waals surface area contributed by atoms with Gasteiger partial charge in [0.05, 0.1) is 6.42 Å². The zero-order valence-electron chi connectivity index (χ0n) is 14.4. The van der Waals surface area contributed by atoms with Crippen LogP contribution < -0.4 is 5.32 Å². The quantitative estimate of drug-likeness (QED) is 0.531. The fourth-order valence-corrected chi connectivity index (χ4v) is 2.45. The molecule has 4 nitrogen and oxygen atoms in total. The van der Waals surface area contributed by atoms with Gasteiger partial charge in [0.15, 0.2) is 0 Å². The summed E-state index contributed by atoms with van der Waals surface area (Å²) in [5.74, 6) is -0.134. The van der Waals surface area contributed by atoms with Crippen LogP contribution in [0.4, 0.5) is 0 Å². The third-order valence-corrected chi connectivity index (χ3v) is 3.83. The zero-order valence-corrected chi connectivity index (χ0v) is 14.4. The molecule has 0 fully saturated rings. The molecule has 1 amide bonds. The van der Waals surface area contributed by atoms with Gasteiger partial charge < -0.3 is 10.1 Å². The fourth-order valence-electron chi connectivity index (χ4n) is 2.45. The maximum absolute atomic E-state index is 11.8. The molecule has 2 rings (SSSR count). The minimum atomic E-state index is -0.169. The number of rotatable bonds is 10. The molecular formula is C21H25NO3. The Bertz CT molecular complexity index is 641. The van der Waals surface area contributed by atoms with Crippen LogP contribution in [-0.2, 0) is 27.4 Å². The molecule has 0 aromatic heterocycles. The minimum Gasteiger partial charge on any atom is -0.461 e. The van der Waals surface area contributed by atoms with Gasteiger partial charge in [0, 0.05) is 13.0 Å². The van der Waals surface area contributed by atoms with E-state index in [0.717, 1.165) is 30.4 Å². The molecule has 0 bridgehead atoms. The number of nitrogens with one attached hydrogen (secondary N) is 1. The number of carbonyl (C=O) groups is 2. The van der Waals surface area contributed by atoms with Crippen molar-refractivity contribution in [1.29, 1.82) is 0 Å². The molecule has 0 saturated heterocycles. The Kier molecular flexibility index (Phi) is 8.25. The van der Waals surface area contributed by atoms with Crippen LogP contribution >= 0.6 is 0 Å². The first-order chi connectivity index (χ1) is 12.2. The monoisotopic (exact) mass is 339 g/mol. The summed E-state index contributed by atoms with van der Waals surface area (Å²) in [5, 5.41) is 2.91. The molecule has 0 spiro atoms. The average molecular weight is 339 g/mol. The van der Waals surface area contributed by atoms with Gasteiger partial charge in [-0.05, 0) is 24.0 Å². The van der Waals surface area contributed by atoms with Gasteiger partial charge in [-0.25, -0.2) is 0 Å². The van der Waals surface area contributed by atoms with E-state index >= 15 is 0 Å². The summed E-state index contributed by atoms with van der Waals surface area (Å²) in [6, 6.07) is 19.3. The van der Waals surface area contributed by atoms with Crippen molar-refractivity contribution in [1.82, 2.24) is 5.32 Å². The van der Waals surface area contributed by atoms with Crippen LogP contribution in [-0.4, -0.2) is 18.4 Å². The van der Waals surface area contributed by atoms with Crippen molar-refractivity contribution in [2.75, 3.05) is 6.54 Å². The Morgan fingerprint density at radius 2 is 1.44 bits per heavy atom. The second kappa shape index (κ2) is 11.0. The minimum absolute atomic E-state index is 0.0356. The lowest BCUT2D eigenvalue weighted by Gasteiger charge is -2.06. The van der Waals surface area contributed by atoms with E-state index in [4.69, 9.17) is 4.74 Å². The van der Waals surface area contributed by atoms with Crippen LogP contribution in [0.5, 0.6) is 0 Å². The second-order valence-corrected chi connectivity index (χ2v) is 5.97. The van der Waals surface area contributed by atoms with Gasteiger partial charge in [-0.15, -0.1) is 0 Å². The number of benzene rings is 2. The molecule has 4 heteroatoms. The highest BCUT2D eigenvalue weighted by atomic mass is 16.5. The maximum atomic E-state index is 11.8. The topological polar surface area (TPSA) is 55.4 Å². The van der Waals surface area contributed by atoms with Crippen LogP contribution in [0, 0.1) is 0 Å². The maximum Gasteiger partial charge on any atom is 0.306 e. The largest absolute Gasteiger partial charge is 0.461 e. The SMILES string of the molecule is O=C(Cc1ccccc1)NCCCCCC(=O)OCc1ccccc1. The summed E-state index contributed by atoms with van der Waals surface area (Å²) in [5.41, 5.74) is 2.01. The molecule has 2 aromatic carbocycles. The Hall–Kier alpha value is -2.62. The molecule has 0 radical (unpaired) electrons. The first-order valence-electron chi connectivity index (χ1n) is 8.74. The number of unbranched alkanes of at least 4 members (excludes halogenated alkanes) is 2. The summed E-state index contributed by atoms with van der Waals surface area (Å²) >= 11 is 0. The molecule has 0 unspecified atom stereocenters. The Balaban J connectivity index is 1.47. The summed E-state index contributed by atoms with van der Waals surface area (Å²) in [7, 11) is 0. The van der Waals surface area contributed by atoms with E-state index in [2.05, 4.69) is 5.32 Å². The summed E-state index contributed by atoms with van der Waals surface area (Å²) < 4.78 is 5.23. The van der Waals surface area contributed by atoms with Crippen LogP contribution in [0.2, 0.25) is 0 Å². The zero-order chi connectivity index (χ0) is 17.7. The van der Waals surface area contributed by atoms with Crippen molar-refractivity contribution < 1.29 is 14.3 Å². The Morgan fingerprint density at radius 3 is 2.12 bits per heavy atom. The highest BCUT2D eigenvalue weighted by molar-refractivity contribution is 5.78. The molecule has 132 valence electrons. The lowest BCUT2D eigenvalue weighted by molar-refractivity contribution is -0.145. The number of esters is 1. The van der Waals surface area contributed by atoms with Gasteiger partial charge in [0.1, 0.15) is 6.61 Å². The average Bonchev–Trinajstić information content (AvgIpc) is 2.64. The number of hydrogen-bond donors (Lipinski definition) is 1. The molecule has 0 aliphatic rings. The predicted molar refractivity (Wildman–Crippen MR) is 97.9 cm³/mol. The van der Waals surface area contributed by atoms with Gasteiger partial charge in [0.25, 0.3) is 0 Å². The van der Waals surface area contributed by atoms with E-state index in [1.165, 1.54) is 0 Å². The van der Waals surface area contributed by atoms with Crippen molar-refractivity contribution >= 4 is 11.9 Å². The molecule has 0 aliphatic heterocycles. The van der Waals surface area contributed by atoms with E-state index in [1.54, 1.807) is 0 Å². The number of carbonyl (C=O) groups excluding carboxylic acids is 2. The van der Waals surface area contributed by atoms with E-state index in [9.17, 15) is 9.59 Å². The van der Waals surface area contributed by atoms with E-state index in [1.807, 2.05) is 60.7 Å². The van der Waals surface area contributed by atoms with Gasteiger partial charge in [-0.1, -0.05) is 67.1 Å². The molecule has 0 saturated carbocycles. The summed E-state index contributed by atoms with van der Waals surface area (Å²) in [4.78, 5) is 23.5. The number of amides is 1. The third-order valence-electron chi connectivity index (χ3n) is 3.83. The molecular weight excluding hydrogens is 314 g/mol. The molecule has 2 aromatic rings. The van der Waals surface area contributed by atoms with E-state index in [0.29, 0.717) is 26.0 Å². The first kappa shape index (κ1) is 18.7. The molecule has 25 heavy (non-hydrogen) atoms. The molecule has 0 atom stereocenters. The van der Waals surface area contributed by atoms with Gasteiger partial charge in [-0.2, -0.15) is 0 Å². The first-order valence-corrected chi connectivity index (χ1v) is 8.74. The number of hydrogen-bond acceptors (Lipinski definition) is 3. The van der Waals surface area contributed by atoms with Gasteiger partial charge in [0.2, 0.25) is 5.91 Å². The van der Waals surface area contributed by atoms with Crippen LogP contribution in [0.25, 0.3) is 0 Å². The number of ether oxygens (including phenoxy) is 1. The van der Waals surface area contributed by atoms with Gasteiger partial charge >= 0.3 is 5.97 Å². The fraction of sp³-hybridized carbons (Fsp3) is 0.333. The van der Waals surface area contributed by atoms with Crippen LogP contribution in [0.1, 0.15) is 36.8 Å². The van der Waals surface area contributed by atoms with Gasteiger partial charge in [-0.3, -0.25) is 9.59 Å². The van der Waals surface area contributed by atoms with E-state index < -0.39 is 0 Å². The lowest BCUT2D eigenvalue weighted by Crippen LogP contribution is -2.26. The lowest BCUT2D eigenvalue weighted by atomic mass is 10.1. The standard InChI is InChI=1S/C21H25NO3/c23-20(16-18-10-4-1-5-11-18)22-15-9-3-8-14-21(24)25-17-19-12-6-2-7-13-19/h1-2,4-7,10-13H,3,8-9,14-17H2,(H,22,23). The van der Waals surface area contributed by atoms with Crippen molar-refractivity contribution in [3.05, 3.63) is 71.8 Å². The Morgan fingerprint density at radius 1 is 0.800 bits per heavy atom. The predicted octanol–water partition coefficient (Wildman–Crippen LogP) is 3.65. The molecule has 0 heterocycles. The second-order valence-electron chi connectivity index (χ2n) is 5.97. The normalized spacial score (nSPS) is 10.2. The molecule has 0 aliphatic carbocycles. The van der Waals surface area contributed by atoms with E-state index in [-0.39, 0.29) is 11.9 Å². The van der Waals surface area contributed by atoms with Crippen molar-refractivity contribution in [2.45, 2.75) is 38.7 Å². The smallest absolute Gasteiger partial charge is 0.306 e.